The van der Waals surface area contributed by atoms with Gasteiger partial charge < -0.3 is 10.1 Å². The van der Waals surface area contributed by atoms with E-state index in [1.807, 2.05) is 13.0 Å². The SMILES string of the molecule is Cc1ccc(Nc2ncnc(Oc3ccc(Br)c4cccnc34)c2[N+](=O)[O-])cc1Cl. The van der Waals surface area contributed by atoms with Crippen LogP contribution in [0.4, 0.5) is 17.2 Å². The van der Waals surface area contributed by atoms with E-state index in [9.17, 15) is 10.1 Å². The molecule has 0 saturated heterocycles. The van der Waals surface area contributed by atoms with E-state index in [1.165, 1.54) is 6.33 Å². The van der Waals surface area contributed by atoms with Gasteiger partial charge >= 0.3 is 11.6 Å². The van der Waals surface area contributed by atoms with Gasteiger partial charge in [0.05, 0.1) is 4.92 Å². The summed E-state index contributed by atoms with van der Waals surface area (Å²) in [5, 5.41) is 16.1. The Morgan fingerprint density at radius 1 is 1.17 bits per heavy atom. The topological polar surface area (TPSA) is 103 Å². The van der Waals surface area contributed by atoms with Gasteiger partial charge in [-0.3, -0.25) is 15.1 Å². The normalized spacial score (nSPS) is 10.8. The van der Waals surface area contributed by atoms with E-state index in [1.54, 1.807) is 42.6 Å². The molecule has 0 amide bonds. The molecular formula is C20H13BrClN5O3. The molecule has 0 aliphatic carbocycles. The van der Waals surface area contributed by atoms with Gasteiger partial charge in [-0.25, -0.2) is 4.98 Å². The summed E-state index contributed by atoms with van der Waals surface area (Å²) in [5.74, 6) is 0.115. The largest absolute Gasteiger partial charge is 0.431 e. The number of benzene rings is 2. The number of nitrogens with zero attached hydrogens (tertiary/aromatic N) is 4. The maximum Gasteiger partial charge on any atom is 0.373 e. The lowest BCUT2D eigenvalue weighted by Gasteiger charge is -2.11. The second kappa shape index (κ2) is 8.21. The minimum Gasteiger partial charge on any atom is -0.431 e. The zero-order valence-corrected chi connectivity index (χ0v) is 17.8. The van der Waals surface area contributed by atoms with Crippen LogP contribution in [0, 0.1) is 17.0 Å². The first-order chi connectivity index (χ1) is 14.4. The fourth-order valence-electron chi connectivity index (χ4n) is 2.80. The van der Waals surface area contributed by atoms with Crippen LogP contribution in [0.2, 0.25) is 5.02 Å². The van der Waals surface area contributed by atoms with E-state index >= 15 is 0 Å². The molecule has 8 nitrogen and oxygen atoms in total. The first-order valence-electron chi connectivity index (χ1n) is 8.67. The van der Waals surface area contributed by atoms with E-state index in [2.05, 4.69) is 36.2 Å². The Morgan fingerprint density at radius 3 is 2.77 bits per heavy atom. The van der Waals surface area contributed by atoms with E-state index in [4.69, 9.17) is 16.3 Å². The average Bonchev–Trinajstić information content (AvgIpc) is 2.73. The molecule has 4 aromatic rings. The Balaban J connectivity index is 1.76. The summed E-state index contributed by atoms with van der Waals surface area (Å²) in [6, 6.07) is 12.3. The van der Waals surface area contributed by atoms with Gasteiger partial charge in [0.15, 0.2) is 5.75 Å². The van der Waals surface area contributed by atoms with Crippen LogP contribution in [0.3, 0.4) is 0 Å². The highest BCUT2D eigenvalue weighted by atomic mass is 79.9. The molecular weight excluding hydrogens is 474 g/mol. The van der Waals surface area contributed by atoms with Crippen LogP contribution >= 0.6 is 27.5 Å². The molecule has 0 aliphatic rings. The van der Waals surface area contributed by atoms with Gasteiger partial charge in [0.1, 0.15) is 11.8 Å². The molecule has 4 rings (SSSR count). The van der Waals surface area contributed by atoms with E-state index in [0.717, 1.165) is 15.4 Å². The van der Waals surface area contributed by atoms with Crippen LogP contribution in [-0.4, -0.2) is 19.9 Å². The van der Waals surface area contributed by atoms with Gasteiger partial charge in [0.25, 0.3) is 0 Å². The Kier molecular flexibility index (Phi) is 5.47. The number of halogens is 2. The number of aromatic nitrogens is 3. The molecule has 2 heterocycles. The summed E-state index contributed by atoms with van der Waals surface area (Å²) in [7, 11) is 0. The van der Waals surface area contributed by atoms with Crippen LogP contribution in [0.25, 0.3) is 10.9 Å². The number of pyridine rings is 1. The number of fused-ring (bicyclic) bond motifs is 1. The summed E-state index contributed by atoms with van der Waals surface area (Å²) in [6.07, 6.45) is 2.80. The first kappa shape index (κ1) is 20.0. The fourth-order valence-corrected chi connectivity index (χ4v) is 3.43. The predicted molar refractivity (Wildman–Crippen MR) is 118 cm³/mol. The molecule has 0 radical (unpaired) electrons. The van der Waals surface area contributed by atoms with Gasteiger partial charge in [0, 0.05) is 26.8 Å². The molecule has 0 aliphatic heterocycles. The summed E-state index contributed by atoms with van der Waals surface area (Å²) >= 11 is 9.61. The molecule has 0 saturated carbocycles. The van der Waals surface area contributed by atoms with Gasteiger partial charge in [-0.15, -0.1) is 0 Å². The molecule has 0 spiro atoms. The smallest absolute Gasteiger partial charge is 0.373 e. The minimum absolute atomic E-state index is 0.0145. The van der Waals surface area contributed by atoms with Crippen molar-refractivity contribution in [2.75, 3.05) is 5.32 Å². The van der Waals surface area contributed by atoms with Gasteiger partial charge in [-0.05, 0) is 42.8 Å². The number of hydrogen-bond acceptors (Lipinski definition) is 7. The van der Waals surface area contributed by atoms with E-state index in [-0.39, 0.29) is 11.7 Å². The molecule has 0 fully saturated rings. The van der Waals surface area contributed by atoms with E-state index < -0.39 is 10.6 Å². The fraction of sp³-hybridized carbons (Fsp3) is 0.0500. The molecule has 10 heteroatoms. The number of anilines is 2. The third kappa shape index (κ3) is 3.89. The van der Waals surface area contributed by atoms with Gasteiger partial charge in [-0.2, -0.15) is 4.98 Å². The van der Waals surface area contributed by atoms with Crippen LogP contribution in [0.15, 0.2) is 59.5 Å². The molecule has 0 unspecified atom stereocenters. The van der Waals surface area contributed by atoms with Crippen molar-refractivity contribution in [1.29, 1.82) is 0 Å². The average molecular weight is 487 g/mol. The van der Waals surface area contributed by atoms with Crippen LogP contribution in [0.5, 0.6) is 11.6 Å². The lowest BCUT2D eigenvalue weighted by atomic mass is 10.2. The van der Waals surface area contributed by atoms with Crippen molar-refractivity contribution in [1.82, 2.24) is 15.0 Å². The molecule has 30 heavy (non-hydrogen) atoms. The first-order valence-corrected chi connectivity index (χ1v) is 9.85. The van der Waals surface area contributed by atoms with Crippen molar-refractivity contribution >= 4 is 55.6 Å². The minimum atomic E-state index is -0.595. The molecule has 2 aromatic heterocycles. The van der Waals surface area contributed by atoms with Crippen molar-refractivity contribution in [2.24, 2.45) is 0 Å². The third-order valence-electron chi connectivity index (χ3n) is 4.29. The quantitative estimate of drug-likeness (QED) is 0.265. The number of hydrogen-bond donors (Lipinski definition) is 1. The second-order valence-corrected chi connectivity index (χ2v) is 7.53. The zero-order valence-electron chi connectivity index (χ0n) is 15.5. The summed E-state index contributed by atoms with van der Waals surface area (Å²) in [6.45, 7) is 1.86. The lowest BCUT2D eigenvalue weighted by molar-refractivity contribution is -0.385. The van der Waals surface area contributed by atoms with E-state index in [0.29, 0.717) is 22.0 Å². The monoisotopic (exact) mass is 485 g/mol. The highest BCUT2D eigenvalue weighted by Crippen LogP contribution is 2.38. The molecule has 1 N–H and O–H groups in total. The second-order valence-electron chi connectivity index (χ2n) is 6.27. The summed E-state index contributed by atoms with van der Waals surface area (Å²) < 4.78 is 6.65. The number of ether oxygens (including phenoxy) is 1. The van der Waals surface area contributed by atoms with Crippen molar-refractivity contribution in [3.8, 4) is 11.6 Å². The predicted octanol–water partition coefficient (Wildman–Crippen LogP) is 6.19. The van der Waals surface area contributed by atoms with Crippen LogP contribution in [-0.2, 0) is 0 Å². The van der Waals surface area contributed by atoms with Crippen molar-refractivity contribution in [3.63, 3.8) is 0 Å². The molecule has 0 atom stereocenters. The van der Waals surface area contributed by atoms with Crippen molar-refractivity contribution < 1.29 is 9.66 Å². The van der Waals surface area contributed by atoms with Crippen LogP contribution < -0.4 is 10.1 Å². The standard InChI is InChI=1S/C20H13BrClN5O3/c1-11-4-5-12(9-15(11)22)26-19-18(27(28)29)20(25-10-24-19)30-16-7-6-14(21)13-3-2-8-23-17(13)16/h2-10H,1H3,(H,24,25,26). The van der Waals surface area contributed by atoms with Gasteiger partial charge in [0.2, 0.25) is 5.82 Å². The summed E-state index contributed by atoms with van der Waals surface area (Å²) in [5.41, 5.74) is 1.58. The Morgan fingerprint density at radius 2 is 2.00 bits per heavy atom. The molecule has 2 aromatic carbocycles. The Bertz CT molecular complexity index is 1280. The zero-order chi connectivity index (χ0) is 21.3. The third-order valence-corrected chi connectivity index (χ3v) is 5.39. The number of nitro groups is 1. The van der Waals surface area contributed by atoms with Crippen molar-refractivity contribution in [2.45, 2.75) is 6.92 Å². The number of rotatable bonds is 5. The Hall–Kier alpha value is -3.30. The maximum atomic E-state index is 11.8. The van der Waals surface area contributed by atoms with Crippen molar-refractivity contribution in [3.05, 3.63) is 80.2 Å². The number of nitrogens with one attached hydrogen (secondary N) is 1. The summed E-state index contributed by atoms with van der Waals surface area (Å²) in [4.78, 5) is 23.5. The highest BCUT2D eigenvalue weighted by Gasteiger charge is 2.26. The Labute approximate surface area is 184 Å². The molecule has 0 bridgehead atoms. The highest BCUT2D eigenvalue weighted by molar-refractivity contribution is 9.10. The lowest BCUT2D eigenvalue weighted by Crippen LogP contribution is -2.04. The number of aryl methyl sites for hydroxylation is 1. The molecule has 150 valence electrons. The van der Waals surface area contributed by atoms with Gasteiger partial charge in [-0.1, -0.05) is 39.7 Å². The van der Waals surface area contributed by atoms with Crippen LogP contribution in [0.1, 0.15) is 5.56 Å². The maximum absolute atomic E-state index is 11.8.